The number of thioether (sulfide) groups is 1. The van der Waals surface area contributed by atoms with Gasteiger partial charge in [-0.05, 0) is 41.3 Å². The van der Waals surface area contributed by atoms with Crippen molar-refractivity contribution in [2.75, 3.05) is 19.4 Å². The van der Waals surface area contributed by atoms with Crippen molar-refractivity contribution in [3.8, 4) is 5.75 Å². The van der Waals surface area contributed by atoms with Gasteiger partial charge in [0.2, 0.25) is 11.8 Å². The van der Waals surface area contributed by atoms with Crippen LogP contribution in [0.5, 0.6) is 5.75 Å². The molecule has 3 rings (SSSR count). The molecule has 0 saturated carbocycles. The molecule has 0 spiro atoms. The van der Waals surface area contributed by atoms with Gasteiger partial charge in [-0.1, -0.05) is 79.2 Å². The van der Waals surface area contributed by atoms with Crippen molar-refractivity contribution in [2.24, 2.45) is 0 Å². The molecule has 0 radical (unpaired) electrons. The van der Waals surface area contributed by atoms with E-state index < -0.39 is 6.04 Å². The van der Waals surface area contributed by atoms with Crippen molar-refractivity contribution in [2.45, 2.75) is 38.1 Å². The van der Waals surface area contributed by atoms with Gasteiger partial charge in [-0.3, -0.25) is 9.59 Å². The molecule has 190 valence electrons. The van der Waals surface area contributed by atoms with Crippen LogP contribution >= 0.6 is 23.4 Å². The van der Waals surface area contributed by atoms with Crippen molar-refractivity contribution in [3.05, 3.63) is 101 Å². The third-order valence-electron chi connectivity index (χ3n) is 5.75. The summed E-state index contributed by atoms with van der Waals surface area (Å²) in [4.78, 5) is 28.7. The Kier molecular flexibility index (Phi) is 11.2. The molecule has 2 amide bonds. The van der Waals surface area contributed by atoms with Gasteiger partial charge in [0.15, 0.2) is 0 Å². The van der Waals surface area contributed by atoms with Crippen LogP contribution in [0.3, 0.4) is 0 Å². The quantitative estimate of drug-likeness (QED) is 0.309. The highest BCUT2D eigenvalue weighted by atomic mass is 35.5. The number of rotatable bonds is 13. The number of carbonyl (C=O) groups is 2. The number of carbonyl (C=O) groups excluding carboxylic acids is 2. The van der Waals surface area contributed by atoms with Crippen molar-refractivity contribution in [1.82, 2.24) is 10.2 Å². The highest BCUT2D eigenvalue weighted by molar-refractivity contribution is 7.99. The van der Waals surface area contributed by atoms with Crippen molar-refractivity contribution >= 4 is 35.2 Å². The Morgan fingerprint density at radius 1 is 1.00 bits per heavy atom. The molecule has 1 atom stereocenters. The zero-order chi connectivity index (χ0) is 25.8. The van der Waals surface area contributed by atoms with Crippen LogP contribution in [0.25, 0.3) is 0 Å². The molecule has 7 heteroatoms. The Morgan fingerprint density at radius 2 is 1.72 bits per heavy atom. The molecule has 0 heterocycles. The highest BCUT2D eigenvalue weighted by Crippen LogP contribution is 2.23. The summed E-state index contributed by atoms with van der Waals surface area (Å²) in [6.45, 7) is 2.88. The number of halogens is 1. The van der Waals surface area contributed by atoms with Gasteiger partial charge in [-0.25, -0.2) is 0 Å². The number of ether oxygens (including phenoxy) is 1. The van der Waals surface area contributed by atoms with Crippen LogP contribution in [0.1, 0.15) is 30.0 Å². The molecular formula is C29H33ClN2O3S. The first-order valence-electron chi connectivity index (χ1n) is 12.1. The Bertz CT molecular complexity index is 1130. The van der Waals surface area contributed by atoms with Crippen LogP contribution in [0, 0.1) is 0 Å². The Hall–Kier alpha value is -2.96. The predicted molar refractivity (Wildman–Crippen MR) is 148 cm³/mol. The fourth-order valence-corrected chi connectivity index (χ4v) is 5.03. The van der Waals surface area contributed by atoms with E-state index in [1.807, 2.05) is 85.8 Å². The summed E-state index contributed by atoms with van der Waals surface area (Å²) >= 11 is 7.79. The summed E-state index contributed by atoms with van der Waals surface area (Å²) in [7, 11) is 1.61. The van der Waals surface area contributed by atoms with Gasteiger partial charge in [-0.2, -0.15) is 0 Å². The zero-order valence-electron chi connectivity index (χ0n) is 20.8. The lowest BCUT2D eigenvalue weighted by Crippen LogP contribution is -2.51. The molecule has 5 nitrogen and oxygen atoms in total. The maximum Gasteiger partial charge on any atom is 0.243 e. The summed E-state index contributed by atoms with van der Waals surface area (Å²) in [6.07, 6.45) is 1.25. The number of nitrogens with zero attached hydrogens (tertiary/aromatic N) is 1. The van der Waals surface area contributed by atoms with Gasteiger partial charge >= 0.3 is 0 Å². The molecule has 0 aliphatic heterocycles. The van der Waals surface area contributed by atoms with E-state index in [-0.39, 0.29) is 17.6 Å². The van der Waals surface area contributed by atoms with Gasteiger partial charge in [0.1, 0.15) is 11.8 Å². The summed E-state index contributed by atoms with van der Waals surface area (Å²) in [5.74, 6) is 1.32. The molecule has 0 aromatic heterocycles. The van der Waals surface area contributed by atoms with E-state index in [0.717, 1.165) is 23.1 Å². The molecule has 0 aliphatic carbocycles. The fraction of sp³-hybridized carbons (Fsp3) is 0.310. The minimum Gasteiger partial charge on any atom is -0.497 e. The van der Waals surface area contributed by atoms with E-state index in [9.17, 15) is 9.59 Å². The second-order valence-electron chi connectivity index (χ2n) is 8.45. The van der Waals surface area contributed by atoms with Crippen LogP contribution in [0.15, 0.2) is 78.9 Å². The van der Waals surface area contributed by atoms with Crippen LogP contribution in [-0.2, 0) is 28.3 Å². The summed E-state index contributed by atoms with van der Waals surface area (Å²) in [5, 5.41) is 3.69. The average Bonchev–Trinajstić information content (AvgIpc) is 2.91. The van der Waals surface area contributed by atoms with Gasteiger partial charge < -0.3 is 15.0 Å². The molecule has 0 bridgehead atoms. The molecule has 3 aromatic carbocycles. The molecule has 36 heavy (non-hydrogen) atoms. The predicted octanol–water partition coefficient (Wildman–Crippen LogP) is 5.75. The van der Waals surface area contributed by atoms with E-state index >= 15 is 0 Å². The lowest BCUT2D eigenvalue weighted by Gasteiger charge is -2.31. The first-order chi connectivity index (χ1) is 17.5. The Morgan fingerprint density at radius 3 is 2.44 bits per heavy atom. The van der Waals surface area contributed by atoms with Crippen LogP contribution in [-0.4, -0.2) is 42.2 Å². The SMILES string of the molecule is CCCNC(=O)[C@@H](Cc1ccccc1)N(Cc1cccc(OC)c1)C(=O)CSCc1ccccc1Cl. The van der Waals surface area contributed by atoms with E-state index in [2.05, 4.69) is 5.32 Å². The van der Waals surface area contributed by atoms with Crippen LogP contribution in [0.2, 0.25) is 5.02 Å². The molecule has 0 fully saturated rings. The fourth-order valence-electron chi connectivity index (χ4n) is 3.83. The summed E-state index contributed by atoms with van der Waals surface area (Å²) in [6, 6.07) is 24.4. The first-order valence-corrected chi connectivity index (χ1v) is 13.6. The molecule has 1 N–H and O–H groups in total. The topological polar surface area (TPSA) is 58.6 Å². The number of hydrogen-bond donors (Lipinski definition) is 1. The smallest absolute Gasteiger partial charge is 0.243 e. The lowest BCUT2D eigenvalue weighted by molar-refractivity contribution is -0.139. The van der Waals surface area contributed by atoms with E-state index in [0.29, 0.717) is 36.0 Å². The second-order valence-corrected chi connectivity index (χ2v) is 9.85. The van der Waals surface area contributed by atoms with E-state index in [1.165, 1.54) is 11.8 Å². The number of nitrogens with one attached hydrogen (secondary N) is 1. The maximum atomic E-state index is 13.6. The normalized spacial score (nSPS) is 11.5. The molecule has 0 saturated heterocycles. The standard InChI is InChI=1S/C29H33ClN2O3S/c1-3-16-31-29(34)27(18-22-10-5-4-6-11-22)32(19-23-12-9-14-25(17-23)35-2)28(33)21-36-20-24-13-7-8-15-26(24)30/h4-15,17,27H,3,16,18-21H2,1-2H3,(H,31,34)/t27-/m1/s1. The average molecular weight is 525 g/mol. The largest absolute Gasteiger partial charge is 0.497 e. The Labute approximate surface area is 223 Å². The van der Waals surface area contributed by atoms with Crippen molar-refractivity contribution in [1.29, 1.82) is 0 Å². The minimum atomic E-state index is -0.640. The Balaban J connectivity index is 1.85. The van der Waals surface area contributed by atoms with Crippen LogP contribution < -0.4 is 10.1 Å². The third-order valence-corrected chi connectivity index (χ3v) is 7.08. The van der Waals surface area contributed by atoms with E-state index in [4.69, 9.17) is 16.3 Å². The van der Waals surface area contributed by atoms with Crippen molar-refractivity contribution < 1.29 is 14.3 Å². The lowest BCUT2D eigenvalue weighted by atomic mass is 10.0. The van der Waals surface area contributed by atoms with Crippen molar-refractivity contribution in [3.63, 3.8) is 0 Å². The number of amides is 2. The molecule has 0 aliphatic rings. The summed E-state index contributed by atoms with van der Waals surface area (Å²) in [5.41, 5.74) is 2.89. The number of hydrogen-bond acceptors (Lipinski definition) is 4. The third kappa shape index (κ3) is 8.32. The zero-order valence-corrected chi connectivity index (χ0v) is 22.4. The first kappa shape index (κ1) is 27.6. The monoisotopic (exact) mass is 524 g/mol. The highest BCUT2D eigenvalue weighted by Gasteiger charge is 2.30. The molecular weight excluding hydrogens is 492 g/mol. The second kappa shape index (κ2) is 14.6. The van der Waals surface area contributed by atoms with E-state index in [1.54, 1.807) is 12.0 Å². The molecule has 3 aromatic rings. The van der Waals surface area contributed by atoms with Gasteiger partial charge in [0, 0.05) is 30.3 Å². The van der Waals surface area contributed by atoms with Gasteiger partial charge in [0.05, 0.1) is 12.9 Å². The number of benzene rings is 3. The van der Waals surface area contributed by atoms with Gasteiger partial charge in [-0.15, -0.1) is 11.8 Å². The minimum absolute atomic E-state index is 0.0950. The maximum absolute atomic E-state index is 13.6. The summed E-state index contributed by atoms with van der Waals surface area (Å²) < 4.78 is 5.38. The van der Waals surface area contributed by atoms with Gasteiger partial charge in [0.25, 0.3) is 0 Å². The number of methoxy groups -OCH3 is 1. The molecule has 0 unspecified atom stereocenters. The van der Waals surface area contributed by atoms with Crippen LogP contribution in [0.4, 0.5) is 0 Å².